The summed E-state index contributed by atoms with van der Waals surface area (Å²) in [6.07, 6.45) is 2.47. The lowest BCUT2D eigenvalue weighted by atomic mass is 9.99. The van der Waals surface area contributed by atoms with Crippen LogP contribution in [0.25, 0.3) is 5.57 Å². The zero-order chi connectivity index (χ0) is 37.3. The van der Waals surface area contributed by atoms with Crippen molar-refractivity contribution in [3.05, 3.63) is 152 Å². The number of pyridine rings is 1. The molecule has 0 bridgehead atoms. The maximum atomic E-state index is 13.6. The van der Waals surface area contributed by atoms with Crippen LogP contribution in [-0.2, 0) is 24.4 Å². The van der Waals surface area contributed by atoms with Gasteiger partial charge in [0.1, 0.15) is 18.1 Å². The van der Waals surface area contributed by atoms with Gasteiger partial charge in [-0.05, 0) is 91.9 Å². The zero-order valence-corrected chi connectivity index (χ0v) is 32.2. The van der Waals surface area contributed by atoms with Crippen LogP contribution in [0, 0.1) is 13.8 Å². The third-order valence-corrected chi connectivity index (χ3v) is 10.2. The molecule has 0 spiro atoms. The van der Waals surface area contributed by atoms with Gasteiger partial charge in [0, 0.05) is 61.4 Å². The maximum absolute atomic E-state index is 13.6. The van der Waals surface area contributed by atoms with Gasteiger partial charge in [-0.2, -0.15) is 0 Å². The number of ether oxygens (including phenoxy) is 3. The lowest BCUT2D eigenvalue weighted by Gasteiger charge is -2.35. The summed E-state index contributed by atoms with van der Waals surface area (Å²) in [7, 11) is 0. The van der Waals surface area contributed by atoms with Crippen molar-refractivity contribution >= 4 is 34.7 Å². The minimum atomic E-state index is 0.0505. The Labute approximate surface area is 322 Å². The first-order chi connectivity index (χ1) is 25.6. The fourth-order valence-electron chi connectivity index (χ4n) is 6.18. The summed E-state index contributed by atoms with van der Waals surface area (Å²) in [6.45, 7) is 12.7. The van der Waals surface area contributed by atoms with Gasteiger partial charge in [-0.25, -0.2) is 4.98 Å². The monoisotopic (exact) mass is 749 g/mol. The first kappa shape index (κ1) is 37.9. The molecule has 9 heteroatoms. The molecule has 0 radical (unpaired) electrons. The number of aryl methyl sites for hydroxylation is 2. The number of hydrogen-bond acceptors (Lipinski definition) is 6. The summed E-state index contributed by atoms with van der Waals surface area (Å²) < 4.78 is 17.8. The summed E-state index contributed by atoms with van der Waals surface area (Å²) in [5, 5.41) is 1.10. The number of aromatic nitrogens is 1. The van der Waals surface area contributed by atoms with Crippen LogP contribution in [0.3, 0.4) is 0 Å². The van der Waals surface area contributed by atoms with Crippen molar-refractivity contribution < 1.29 is 19.0 Å². The van der Waals surface area contributed by atoms with Crippen molar-refractivity contribution in [2.24, 2.45) is 0 Å². The Morgan fingerprint density at radius 2 is 1.47 bits per heavy atom. The van der Waals surface area contributed by atoms with Crippen LogP contribution in [0.1, 0.15) is 47.2 Å². The molecule has 5 aromatic rings. The van der Waals surface area contributed by atoms with Crippen molar-refractivity contribution in [2.75, 3.05) is 32.8 Å². The Morgan fingerprint density at radius 3 is 2.15 bits per heavy atom. The molecule has 6 rings (SSSR count). The summed E-state index contributed by atoms with van der Waals surface area (Å²) in [5.41, 5.74) is 7.96. The molecule has 1 saturated heterocycles. The highest BCUT2D eigenvalue weighted by Crippen LogP contribution is 2.36. The van der Waals surface area contributed by atoms with Gasteiger partial charge in [0.2, 0.25) is 11.8 Å². The number of halogens is 2. The second-order valence-electron chi connectivity index (χ2n) is 13.5. The maximum Gasteiger partial charge on any atom is 0.249 e. The Kier molecular flexibility index (Phi) is 12.7. The van der Waals surface area contributed by atoms with E-state index in [1.165, 1.54) is 16.7 Å². The first-order valence-corrected chi connectivity index (χ1v) is 18.7. The first-order valence-electron chi connectivity index (χ1n) is 17.9. The Hall–Kier alpha value is -4.82. The highest BCUT2D eigenvalue weighted by molar-refractivity contribution is 6.32. The number of piperazine rings is 1. The minimum absolute atomic E-state index is 0.0505. The second-order valence-corrected chi connectivity index (χ2v) is 14.3. The van der Waals surface area contributed by atoms with E-state index in [1.54, 1.807) is 18.3 Å². The Bertz CT molecular complexity index is 2020. The predicted molar refractivity (Wildman–Crippen MR) is 213 cm³/mol. The Balaban J connectivity index is 0.982. The third-order valence-electron chi connectivity index (χ3n) is 9.58. The number of nitrogens with zero attached hydrogens (tertiary/aromatic N) is 3. The zero-order valence-electron chi connectivity index (χ0n) is 30.7. The van der Waals surface area contributed by atoms with Crippen molar-refractivity contribution in [3.63, 3.8) is 0 Å². The molecule has 4 aromatic carbocycles. The van der Waals surface area contributed by atoms with E-state index in [9.17, 15) is 4.79 Å². The van der Waals surface area contributed by atoms with Gasteiger partial charge in [0.15, 0.2) is 5.75 Å². The smallest absolute Gasteiger partial charge is 0.249 e. The highest BCUT2D eigenvalue weighted by atomic mass is 35.5. The summed E-state index contributed by atoms with van der Waals surface area (Å²) >= 11 is 13.0. The molecule has 0 unspecified atom stereocenters. The Morgan fingerprint density at radius 1 is 0.774 bits per heavy atom. The van der Waals surface area contributed by atoms with Gasteiger partial charge in [-0.3, -0.25) is 9.69 Å². The van der Waals surface area contributed by atoms with E-state index in [-0.39, 0.29) is 5.91 Å². The molecule has 1 aromatic heterocycles. The fraction of sp³-hybridized carbons (Fsp3) is 0.273. The summed E-state index contributed by atoms with van der Waals surface area (Å²) in [5.74, 6) is 2.46. The number of benzene rings is 4. The lowest BCUT2D eigenvalue weighted by Crippen LogP contribution is -2.48. The molecule has 0 saturated carbocycles. The molecule has 2 heterocycles. The SMILES string of the molecule is C/C(C(=O)N1CCN(Cc2ccc(CCOc3ccc(C)cc3)cc2)CC1)=C(\C)c1cc(C)c(Oc2ccc(OCc3ccccc3Cl)cn2)c(Cl)c1. The molecule has 0 atom stereocenters. The fourth-order valence-corrected chi connectivity index (χ4v) is 6.68. The molecule has 0 N–H and O–H groups in total. The molecule has 1 fully saturated rings. The molecule has 1 amide bonds. The van der Waals surface area contributed by atoms with Crippen molar-refractivity contribution in [1.29, 1.82) is 0 Å². The number of carbonyl (C=O) groups is 1. The summed E-state index contributed by atoms with van der Waals surface area (Å²) in [4.78, 5) is 22.4. The van der Waals surface area contributed by atoms with Gasteiger partial charge in [-0.15, -0.1) is 0 Å². The van der Waals surface area contributed by atoms with E-state index in [0.29, 0.717) is 59.3 Å². The van der Waals surface area contributed by atoms with Gasteiger partial charge in [0.25, 0.3) is 0 Å². The number of allylic oxidation sites excluding steroid dienone is 1. The van der Waals surface area contributed by atoms with Gasteiger partial charge < -0.3 is 19.1 Å². The van der Waals surface area contributed by atoms with E-state index in [1.807, 2.05) is 74.2 Å². The normalized spacial score (nSPS) is 13.7. The van der Waals surface area contributed by atoms with Crippen LogP contribution in [0.4, 0.5) is 0 Å². The van der Waals surface area contributed by atoms with Gasteiger partial charge >= 0.3 is 0 Å². The van der Waals surface area contributed by atoms with Crippen LogP contribution in [0.2, 0.25) is 10.0 Å². The lowest BCUT2D eigenvalue weighted by molar-refractivity contribution is -0.128. The number of amides is 1. The van der Waals surface area contributed by atoms with E-state index < -0.39 is 0 Å². The minimum Gasteiger partial charge on any atom is -0.493 e. The molecule has 7 nitrogen and oxygen atoms in total. The average Bonchev–Trinajstić information content (AvgIpc) is 3.17. The van der Waals surface area contributed by atoms with Crippen LogP contribution >= 0.6 is 23.2 Å². The largest absolute Gasteiger partial charge is 0.493 e. The number of rotatable bonds is 13. The van der Waals surface area contributed by atoms with Gasteiger partial charge in [0.05, 0.1) is 17.8 Å². The molecular weight excluding hydrogens is 705 g/mol. The standard InChI is InChI=1S/C44H45Cl2N3O4/c1-30-9-15-38(16-10-30)51-24-19-34-11-13-35(14-12-34)28-48-20-22-49(23-21-48)44(50)33(4)32(3)37-25-31(2)43(41(46)26-37)53-42-18-17-39(27-47-42)52-29-36-7-5-6-8-40(36)45/h5-18,25-27H,19-24,28-29H2,1-4H3/b33-32-. The van der Waals surface area contributed by atoms with E-state index in [4.69, 9.17) is 37.4 Å². The van der Waals surface area contributed by atoms with Crippen LogP contribution in [-0.4, -0.2) is 53.5 Å². The molecule has 274 valence electrons. The molecular formula is C44H45Cl2N3O4. The average molecular weight is 751 g/mol. The van der Waals surface area contributed by atoms with Crippen molar-refractivity contribution in [2.45, 2.75) is 47.3 Å². The third kappa shape index (κ3) is 10.2. The molecule has 1 aliphatic heterocycles. The molecule has 1 aliphatic rings. The quantitative estimate of drug-likeness (QED) is 0.112. The number of carbonyl (C=O) groups excluding carboxylic acids is 1. The topological polar surface area (TPSA) is 64.1 Å². The molecule has 0 aliphatic carbocycles. The second kappa shape index (κ2) is 17.8. The van der Waals surface area contributed by atoms with Crippen LogP contribution in [0.15, 0.2) is 109 Å². The number of hydrogen-bond donors (Lipinski definition) is 0. The van der Waals surface area contributed by atoms with E-state index in [0.717, 1.165) is 54.1 Å². The van der Waals surface area contributed by atoms with Crippen LogP contribution < -0.4 is 14.2 Å². The van der Waals surface area contributed by atoms with E-state index in [2.05, 4.69) is 53.2 Å². The predicted octanol–water partition coefficient (Wildman–Crippen LogP) is 10.1. The highest BCUT2D eigenvalue weighted by Gasteiger charge is 2.24. The van der Waals surface area contributed by atoms with Crippen LogP contribution in [0.5, 0.6) is 23.1 Å². The summed E-state index contributed by atoms with van der Waals surface area (Å²) in [6, 6.07) is 31.9. The van der Waals surface area contributed by atoms with E-state index >= 15 is 0 Å². The van der Waals surface area contributed by atoms with Crippen molar-refractivity contribution in [1.82, 2.24) is 14.8 Å². The van der Waals surface area contributed by atoms with Crippen molar-refractivity contribution in [3.8, 4) is 23.1 Å². The molecule has 53 heavy (non-hydrogen) atoms. The van der Waals surface area contributed by atoms with Gasteiger partial charge in [-0.1, -0.05) is 83.4 Å².